The minimum atomic E-state index is -0.370. The molecule has 0 unspecified atom stereocenters. The Bertz CT molecular complexity index is 1100. The van der Waals surface area contributed by atoms with E-state index in [1.165, 1.54) is 24.1 Å². The molecule has 0 radical (unpaired) electrons. The average molecular weight is 468 g/mol. The lowest BCUT2D eigenvalue weighted by atomic mass is 10.1. The van der Waals surface area contributed by atoms with E-state index in [-0.39, 0.29) is 42.3 Å². The molecule has 0 atom stereocenters. The molecule has 0 saturated carbocycles. The number of carbonyl (C=O) groups is 4. The minimum Gasteiger partial charge on any atom is -0.493 e. The van der Waals surface area contributed by atoms with E-state index in [1.54, 1.807) is 24.3 Å². The highest BCUT2D eigenvalue weighted by Gasteiger charge is 2.35. The number of carbonyl (C=O) groups excluding carboxylic acids is 4. The third-order valence-electron chi connectivity index (χ3n) is 5.38. The number of amides is 4. The summed E-state index contributed by atoms with van der Waals surface area (Å²) < 4.78 is 10.8. The fraction of sp³-hybridized carbons (Fsp3) is 0.360. The maximum atomic E-state index is 12.7. The number of imide groups is 1. The van der Waals surface area contributed by atoms with Crippen molar-refractivity contribution >= 4 is 23.6 Å². The summed E-state index contributed by atoms with van der Waals surface area (Å²) in [6, 6.07) is 9.68. The minimum absolute atomic E-state index is 0.129. The Morgan fingerprint density at radius 2 is 1.71 bits per heavy atom. The monoisotopic (exact) mass is 467 g/mol. The molecular formula is C25H29N3O6. The van der Waals surface area contributed by atoms with Crippen molar-refractivity contribution in [2.75, 3.05) is 26.8 Å². The van der Waals surface area contributed by atoms with Crippen LogP contribution in [-0.4, -0.2) is 55.3 Å². The fourth-order valence-corrected chi connectivity index (χ4v) is 3.57. The van der Waals surface area contributed by atoms with Crippen LogP contribution < -0.4 is 20.1 Å². The van der Waals surface area contributed by atoms with Crippen LogP contribution in [0.5, 0.6) is 11.5 Å². The van der Waals surface area contributed by atoms with Crippen LogP contribution in [0.15, 0.2) is 36.4 Å². The first-order valence-corrected chi connectivity index (χ1v) is 11.2. The van der Waals surface area contributed by atoms with Crippen molar-refractivity contribution in [1.29, 1.82) is 0 Å². The summed E-state index contributed by atoms with van der Waals surface area (Å²) in [6.07, 6.45) is 1.60. The Kier molecular flexibility index (Phi) is 8.24. The zero-order chi connectivity index (χ0) is 24.7. The quantitative estimate of drug-likeness (QED) is 0.491. The number of likely N-dealkylation sites (N-methyl/N-ethyl adjacent to an activating group) is 1. The van der Waals surface area contributed by atoms with E-state index in [1.807, 2.05) is 13.8 Å². The molecule has 1 aliphatic heterocycles. The predicted molar refractivity (Wildman–Crippen MR) is 125 cm³/mol. The van der Waals surface area contributed by atoms with Gasteiger partial charge in [-0.15, -0.1) is 0 Å². The van der Waals surface area contributed by atoms with Gasteiger partial charge >= 0.3 is 0 Å². The van der Waals surface area contributed by atoms with Gasteiger partial charge in [0.25, 0.3) is 23.6 Å². The summed E-state index contributed by atoms with van der Waals surface area (Å²) in [6.45, 7) is 4.78. The molecule has 3 rings (SSSR count). The molecule has 1 heterocycles. The molecule has 9 nitrogen and oxygen atoms in total. The second kappa shape index (κ2) is 11.3. The van der Waals surface area contributed by atoms with Crippen molar-refractivity contribution in [3.05, 3.63) is 58.7 Å². The van der Waals surface area contributed by atoms with Gasteiger partial charge in [0, 0.05) is 25.2 Å². The molecule has 2 N–H and O–H groups in total. The van der Waals surface area contributed by atoms with Crippen molar-refractivity contribution in [3.63, 3.8) is 0 Å². The standard InChI is InChI=1S/C25H29N3O6/c1-4-6-11-28-24(31)18-9-8-17(13-19(18)25(28)32)23(30)27-14-16-7-10-20(21(12-16)33-3)34-15-22(29)26-5-2/h7-10,12-13H,4-6,11,14-15H2,1-3H3,(H,26,29)(H,27,30). The Morgan fingerprint density at radius 3 is 2.41 bits per heavy atom. The first-order chi connectivity index (χ1) is 16.4. The van der Waals surface area contributed by atoms with Crippen LogP contribution in [0.2, 0.25) is 0 Å². The van der Waals surface area contributed by atoms with Gasteiger partial charge in [0.1, 0.15) is 0 Å². The van der Waals surface area contributed by atoms with Crippen molar-refractivity contribution in [3.8, 4) is 11.5 Å². The van der Waals surface area contributed by atoms with Crippen molar-refractivity contribution in [1.82, 2.24) is 15.5 Å². The smallest absolute Gasteiger partial charge is 0.261 e. The fourth-order valence-electron chi connectivity index (χ4n) is 3.57. The van der Waals surface area contributed by atoms with Gasteiger partial charge in [-0.3, -0.25) is 24.1 Å². The highest BCUT2D eigenvalue weighted by atomic mass is 16.5. The van der Waals surface area contributed by atoms with Gasteiger partial charge in [0.2, 0.25) is 0 Å². The Hall–Kier alpha value is -3.88. The average Bonchev–Trinajstić information content (AvgIpc) is 3.08. The second-order valence-corrected chi connectivity index (χ2v) is 7.79. The topological polar surface area (TPSA) is 114 Å². The molecule has 1 aliphatic rings. The number of ether oxygens (including phenoxy) is 2. The van der Waals surface area contributed by atoms with E-state index < -0.39 is 0 Å². The van der Waals surface area contributed by atoms with E-state index >= 15 is 0 Å². The van der Waals surface area contributed by atoms with Crippen LogP contribution in [0, 0.1) is 0 Å². The SMILES string of the molecule is CCCCN1C(=O)c2ccc(C(=O)NCc3ccc(OCC(=O)NCC)c(OC)c3)cc2C1=O. The number of hydrogen-bond acceptors (Lipinski definition) is 6. The Balaban J connectivity index is 1.64. The molecule has 0 bridgehead atoms. The molecule has 34 heavy (non-hydrogen) atoms. The molecule has 4 amide bonds. The van der Waals surface area contributed by atoms with E-state index in [0.717, 1.165) is 18.4 Å². The van der Waals surface area contributed by atoms with Crippen molar-refractivity contribution in [2.24, 2.45) is 0 Å². The molecule has 0 aliphatic carbocycles. The summed E-state index contributed by atoms with van der Waals surface area (Å²) in [5.74, 6) is -0.435. The van der Waals surface area contributed by atoms with Gasteiger partial charge in [-0.05, 0) is 49.2 Å². The number of methoxy groups -OCH3 is 1. The van der Waals surface area contributed by atoms with E-state index in [9.17, 15) is 19.2 Å². The highest BCUT2D eigenvalue weighted by Crippen LogP contribution is 2.28. The summed E-state index contributed by atoms with van der Waals surface area (Å²) in [4.78, 5) is 50.6. The number of unbranched alkanes of at least 4 members (excludes halogenated alkanes) is 1. The number of benzene rings is 2. The molecule has 0 aromatic heterocycles. The number of fused-ring (bicyclic) bond motifs is 1. The second-order valence-electron chi connectivity index (χ2n) is 7.79. The van der Waals surface area contributed by atoms with E-state index in [4.69, 9.17) is 9.47 Å². The lowest BCUT2D eigenvalue weighted by Gasteiger charge is -2.13. The molecular weight excluding hydrogens is 438 g/mol. The van der Waals surface area contributed by atoms with Gasteiger partial charge in [0.15, 0.2) is 18.1 Å². The van der Waals surface area contributed by atoms with Gasteiger partial charge in [0.05, 0.1) is 18.2 Å². The maximum Gasteiger partial charge on any atom is 0.261 e. The third kappa shape index (κ3) is 5.54. The van der Waals surface area contributed by atoms with Crippen molar-refractivity contribution < 1.29 is 28.7 Å². The highest BCUT2D eigenvalue weighted by molar-refractivity contribution is 6.22. The summed E-state index contributed by atoms with van der Waals surface area (Å²) >= 11 is 0. The van der Waals surface area contributed by atoms with Crippen LogP contribution in [0.4, 0.5) is 0 Å². The van der Waals surface area contributed by atoms with Crippen LogP contribution in [-0.2, 0) is 11.3 Å². The summed E-state index contributed by atoms with van der Waals surface area (Å²) in [7, 11) is 1.49. The van der Waals surface area contributed by atoms with Crippen molar-refractivity contribution in [2.45, 2.75) is 33.2 Å². The van der Waals surface area contributed by atoms with Crippen LogP contribution in [0.3, 0.4) is 0 Å². The Labute approximate surface area is 198 Å². The normalized spacial score (nSPS) is 12.4. The first-order valence-electron chi connectivity index (χ1n) is 11.2. The number of nitrogens with one attached hydrogen (secondary N) is 2. The van der Waals surface area contributed by atoms with E-state index in [2.05, 4.69) is 10.6 Å². The molecule has 0 fully saturated rings. The van der Waals surface area contributed by atoms with Crippen LogP contribution in [0.25, 0.3) is 0 Å². The van der Waals surface area contributed by atoms with Gasteiger partial charge in [-0.25, -0.2) is 0 Å². The lowest BCUT2D eigenvalue weighted by molar-refractivity contribution is -0.123. The molecule has 9 heteroatoms. The third-order valence-corrected chi connectivity index (χ3v) is 5.38. The molecule has 0 spiro atoms. The van der Waals surface area contributed by atoms with Gasteiger partial charge in [-0.1, -0.05) is 19.4 Å². The van der Waals surface area contributed by atoms with Gasteiger partial charge in [-0.2, -0.15) is 0 Å². The number of rotatable bonds is 11. The number of hydrogen-bond donors (Lipinski definition) is 2. The van der Waals surface area contributed by atoms with Crippen LogP contribution >= 0.6 is 0 Å². The van der Waals surface area contributed by atoms with Crippen LogP contribution in [0.1, 0.15) is 63.3 Å². The van der Waals surface area contributed by atoms with Gasteiger partial charge < -0.3 is 20.1 Å². The Morgan fingerprint density at radius 1 is 0.941 bits per heavy atom. The number of nitrogens with zero attached hydrogens (tertiary/aromatic N) is 1. The summed E-state index contributed by atoms with van der Waals surface area (Å²) in [5.41, 5.74) is 1.63. The first kappa shape index (κ1) is 24.8. The molecule has 2 aromatic carbocycles. The summed E-state index contributed by atoms with van der Waals surface area (Å²) in [5, 5.41) is 5.46. The zero-order valence-electron chi connectivity index (χ0n) is 19.6. The van der Waals surface area contributed by atoms with E-state index in [0.29, 0.717) is 35.7 Å². The maximum absolute atomic E-state index is 12.7. The predicted octanol–water partition coefficient (Wildman–Crippen LogP) is 2.54. The lowest BCUT2D eigenvalue weighted by Crippen LogP contribution is -2.30. The molecule has 180 valence electrons. The zero-order valence-corrected chi connectivity index (χ0v) is 19.6. The molecule has 0 saturated heterocycles. The largest absolute Gasteiger partial charge is 0.493 e. The molecule has 2 aromatic rings.